The molecule has 224 valence electrons. The first-order valence-electron chi connectivity index (χ1n) is 14.7. The van der Waals surface area contributed by atoms with E-state index in [9.17, 15) is 18.0 Å². The van der Waals surface area contributed by atoms with Crippen LogP contribution in [0, 0.1) is 0 Å². The van der Waals surface area contributed by atoms with Crippen LogP contribution >= 0.6 is 0 Å². The summed E-state index contributed by atoms with van der Waals surface area (Å²) >= 11 is 0. The van der Waals surface area contributed by atoms with Crippen molar-refractivity contribution in [2.45, 2.75) is 62.0 Å². The summed E-state index contributed by atoms with van der Waals surface area (Å²) < 4.78 is 29.2. The van der Waals surface area contributed by atoms with E-state index in [-0.39, 0.29) is 29.3 Å². The lowest BCUT2D eigenvalue weighted by atomic mass is 10.0. The number of likely N-dealkylation sites (tertiary alicyclic amines) is 1. The van der Waals surface area contributed by atoms with E-state index < -0.39 is 22.1 Å². The fourth-order valence-corrected chi connectivity index (χ4v) is 6.84. The summed E-state index contributed by atoms with van der Waals surface area (Å²) in [5.74, 6) is -0.402. The number of likely N-dealkylation sites (N-methyl/N-ethyl adjacent to an activating group) is 1. The highest BCUT2D eigenvalue weighted by Gasteiger charge is 2.37. The van der Waals surface area contributed by atoms with Crippen LogP contribution in [0.25, 0.3) is 0 Å². The Labute approximate surface area is 250 Å². The maximum Gasteiger partial charge on any atom is 0.245 e. The van der Waals surface area contributed by atoms with E-state index in [1.807, 2.05) is 60.7 Å². The second-order valence-electron chi connectivity index (χ2n) is 10.8. The first kappa shape index (κ1) is 31.4. The molecule has 3 aromatic rings. The number of rotatable bonds is 14. The first-order chi connectivity index (χ1) is 20.3. The van der Waals surface area contributed by atoms with Gasteiger partial charge in [-0.05, 0) is 69.3 Å². The second-order valence-corrected chi connectivity index (χ2v) is 12.8. The molecule has 3 aromatic carbocycles. The van der Waals surface area contributed by atoms with Crippen LogP contribution in [-0.4, -0.2) is 74.2 Å². The third-order valence-corrected chi connectivity index (χ3v) is 9.83. The molecule has 0 aliphatic carbocycles. The van der Waals surface area contributed by atoms with Crippen LogP contribution in [0.4, 0.5) is 0 Å². The molecule has 2 amide bonds. The van der Waals surface area contributed by atoms with Gasteiger partial charge in [0.1, 0.15) is 6.04 Å². The zero-order valence-corrected chi connectivity index (χ0v) is 25.3. The number of carbonyl (C=O) groups is 2. The average Bonchev–Trinajstić information content (AvgIpc) is 3.50. The van der Waals surface area contributed by atoms with Gasteiger partial charge in [-0.15, -0.1) is 0 Å². The second kappa shape index (κ2) is 15.1. The first-order valence-corrected chi connectivity index (χ1v) is 16.1. The minimum absolute atomic E-state index is 0.162. The lowest BCUT2D eigenvalue weighted by molar-refractivity contribution is -0.137. The number of carbonyl (C=O) groups excluding carboxylic acids is 2. The Morgan fingerprint density at radius 2 is 1.48 bits per heavy atom. The van der Waals surface area contributed by atoms with Crippen molar-refractivity contribution in [2.75, 3.05) is 26.7 Å². The molecule has 2 N–H and O–H groups in total. The topological polar surface area (TPSA) is 98.8 Å². The number of amides is 2. The van der Waals surface area contributed by atoms with Crippen molar-refractivity contribution in [1.29, 1.82) is 0 Å². The molecule has 9 heteroatoms. The Morgan fingerprint density at radius 1 is 0.905 bits per heavy atom. The van der Waals surface area contributed by atoms with E-state index >= 15 is 0 Å². The standard InChI is InChI=1S/C33H42N4O4S/c1-26(34-2)32(38)35-31(21-20-27-13-6-3-7-14-27)33(39)37-23-12-17-29(37)25-36(24-22-28-15-8-4-9-16-28)42(40,41)30-18-10-5-11-19-30/h3-11,13-16,18-19,26,29,31,34H,12,17,20-25H2,1-2H3,(H,35,38)/t26-,29-,31-/m0/s1. The number of benzene rings is 3. The van der Waals surface area contributed by atoms with Gasteiger partial charge in [0.2, 0.25) is 21.8 Å². The van der Waals surface area contributed by atoms with Crippen molar-refractivity contribution >= 4 is 21.8 Å². The highest BCUT2D eigenvalue weighted by molar-refractivity contribution is 7.89. The molecule has 4 rings (SSSR count). The van der Waals surface area contributed by atoms with Crippen LogP contribution in [0.1, 0.15) is 37.3 Å². The van der Waals surface area contributed by atoms with Gasteiger partial charge in [0, 0.05) is 25.7 Å². The van der Waals surface area contributed by atoms with Crippen molar-refractivity contribution in [2.24, 2.45) is 0 Å². The van der Waals surface area contributed by atoms with Crippen LogP contribution in [0.5, 0.6) is 0 Å². The summed E-state index contributed by atoms with van der Waals surface area (Å²) in [5, 5.41) is 5.90. The van der Waals surface area contributed by atoms with E-state index in [2.05, 4.69) is 10.6 Å². The van der Waals surface area contributed by atoms with E-state index in [1.54, 1.807) is 49.2 Å². The normalized spacial score (nSPS) is 16.7. The number of nitrogens with one attached hydrogen (secondary N) is 2. The highest BCUT2D eigenvalue weighted by atomic mass is 32.2. The third kappa shape index (κ3) is 8.27. The predicted octanol–water partition coefficient (Wildman–Crippen LogP) is 3.64. The maximum atomic E-state index is 14.0. The van der Waals surface area contributed by atoms with Crippen LogP contribution in [0.2, 0.25) is 0 Å². The SMILES string of the molecule is CN[C@@H](C)C(=O)N[C@@H](CCc1ccccc1)C(=O)N1CCC[C@H]1CN(CCc1ccccc1)S(=O)(=O)c1ccccc1. The molecule has 3 atom stereocenters. The Kier molecular flexibility index (Phi) is 11.3. The van der Waals surface area contributed by atoms with Crippen LogP contribution in [0.15, 0.2) is 95.9 Å². The molecule has 0 saturated carbocycles. The number of nitrogens with zero attached hydrogens (tertiary/aromatic N) is 2. The number of hydrogen-bond acceptors (Lipinski definition) is 5. The Morgan fingerprint density at radius 3 is 2.07 bits per heavy atom. The molecule has 1 saturated heterocycles. The predicted molar refractivity (Wildman–Crippen MR) is 165 cm³/mol. The summed E-state index contributed by atoms with van der Waals surface area (Å²) in [5.41, 5.74) is 2.14. The maximum absolute atomic E-state index is 14.0. The summed E-state index contributed by atoms with van der Waals surface area (Å²) in [6.07, 6.45) is 3.12. The number of aryl methyl sites for hydroxylation is 1. The van der Waals surface area contributed by atoms with Gasteiger partial charge in [-0.2, -0.15) is 4.31 Å². The molecule has 8 nitrogen and oxygen atoms in total. The van der Waals surface area contributed by atoms with E-state index in [1.165, 1.54) is 4.31 Å². The molecule has 0 radical (unpaired) electrons. The van der Waals surface area contributed by atoms with Gasteiger partial charge in [0.05, 0.1) is 10.9 Å². The van der Waals surface area contributed by atoms with Crippen molar-refractivity contribution in [3.8, 4) is 0 Å². The molecular weight excluding hydrogens is 548 g/mol. The van der Waals surface area contributed by atoms with Crippen molar-refractivity contribution < 1.29 is 18.0 Å². The van der Waals surface area contributed by atoms with Gasteiger partial charge in [0.15, 0.2) is 0 Å². The van der Waals surface area contributed by atoms with Gasteiger partial charge in [-0.1, -0.05) is 78.9 Å². The Bertz CT molecular complexity index is 1390. The smallest absolute Gasteiger partial charge is 0.245 e. The molecule has 1 heterocycles. The Hall–Kier alpha value is -3.53. The molecule has 0 bridgehead atoms. The summed E-state index contributed by atoms with van der Waals surface area (Å²) in [6.45, 7) is 2.78. The van der Waals surface area contributed by atoms with E-state index in [0.717, 1.165) is 17.5 Å². The van der Waals surface area contributed by atoms with Gasteiger partial charge < -0.3 is 15.5 Å². The lowest BCUT2D eigenvalue weighted by Gasteiger charge is -2.33. The highest BCUT2D eigenvalue weighted by Crippen LogP contribution is 2.24. The van der Waals surface area contributed by atoms with Gasteiger partial charge in [0.25, 0.3) is 0 Å². The zero-order chi connectivity index (χ0) is 30.0. The minimum Gasteiger partial charge on any atom is -0.343 e. The van der Waals surface area contributed by atoms with Crippen LogP contribution in [-0.2, 0) is 32.5 Å². The zero-order valence-electron chi connectivity index (χ0n) is 24.5. The molecule has 1 aliphatic heterocycles. The van der Waals surface area contributed by atoms with E-state index in [0.29, 0.717) is 38.8 Å². The summed E-state index contributed by atoms with van der Waals surface area (Å²) in [4.78, 5) is 28.9. The molecule has 1 fully saturated rings. The fraction of sp³-hybridized carbons (Fsp3) is 0.394. The van der Waals surface area contributed by atoms with Crippen LogP contribution < -0.4 is 10.6 Å². The van der Waals surface area contributed by atoms with Crippen LogP contribution in [0.3, 0.4) is 0 Å². The quantitative estimate of drug-likeness (QED) is 0.299. The van der Waals surface area contributed by atoms with Crippen molar-refractivity contribution in [3.05, 3.63) is 102 Å². The Balaban J connectivity index is 1.55. The van der Waals surface area contributed by atoms with Crippen molar-refractivity contribution in [1.82, 2.24) is 19.8 Å². The largest absolute Gasteiger partial charge is 0.343 e. The summed E-state index contributed by atoms with van der Waals surface area (Å²) in [6, 6.07) is 26.7. The number of hydrogen-bond donors (Lipinski definition) is 2. The lowest BCUT2D eigenvalue weighted by Crippen LogP contribution is -2.55. The monoisotopic (exact) mass is 590 g/mol. The molecule has 0 unspecified atom stereocenters. The van der Waals surface area contributed by atoms with Gasteiger partial charge in [-0.25, -0.2) is 8.42 Å². The number of sulfonamides is 1. The average molecular weight is 591 g/mol. The van der Waals surface area contributed by atoms with Gasteiger partial charge >= 0.3 is 0 Å². The molecule has 0 spiro atoms. The summed E-state index contributed by atoms with van der Waals surface area (Å²) in [7, 11) is -2.08. The molecular formula is C33H42N4O4S. The fourth-order valence-electron chi connectivity index (χ4n) is 5.34. The van der Waals surface area contributed by atoms with Crippen molar-refractivity contribution in [3.63, 3.8) is 0 Å². The molecule has 1 aliphatic rings. The third-order valence-electron chi connectivity index (χ3n) is 7.95. The minimum atomic E-state index is -3.79. The van der Waals surface area contributed by atoms with E-state index in [4.69, 9.17) is 0 Å². The van der Waals surface area contributed by atoms with Gasteiger partial charge in [-0.3, -0.25) is 9.59 Å². The molecule has 0 aromatic heterocycles. The molecule has 42 heavy (non-hydrogen) atoms.